The lowest BCUT2D eigenvalue weighted by Crippen LogP contribution is -2.58. The third-order valence-electron chi connectivity index (χ3n) is 5.28. The second-order valence-corrected chi connectivity index (χ2v) is 9.75. The molecule has 2 heterocycles. The van der Waals surface area contributed by atoms with Crippen LogP contribution in [0.4, 0.5) is 13.2 Å². The number of ether oxygens (including phenoxy) is 1. The largest absolute Gasteiger partial charge is 0.609 e. The van der Waals surface area contributed by atoms with Gasteiger partial charge in [-0.25, -0.2) is 17.9 Å². The molecule has 2 aromatic carbocycles. The molecule has 3 N–H and O–H groups in total. The fraction of sp³-hybridized carbons (Fsp3) is 0.300. The van der Waals surface area contributed by atoms with Crippen molar-refractivity contribution in [2.45, 2.75) is 34.7 Å². The Morgan fingerprint density at radius 1 is 1.06 bits per heavy atom. The predicted octanol–water partition coefficient (Wildman–Crippen LogP) is 2.46. The van der Waals surface area contributed by atoms with Crippen LogP contribution in [0, 0.1) is 17.5 Å². The lowest BCUT2D eigenvalue weighted by atomic mass is 9.97. The first kappa shape index (κ1) is 25.2. The highest BCUT2D eigenvalue weighted by Gasteiger charge is 2.51. The first-order valence-electron chi connectivity index (χ1n) is 9.67. The van der Waals surface area contributed by atoms with Gasteiger partial charge in [-0.1, -0.05) is 28.4 Å². The SMILES string of the molecule is [O-][S+](c1ccc(Cl)c(Cl)c1)C1O[C@H](CO)[C@H](O)[C@H](n2cc(-c3cc(F)c(F)c(F)c3)nn2)[C@H]1O. The third kappa shape index (κ3) is 4.64. The number of aliphatic hydroxyl groups is 3. The van der Waals surface area contributed by atoms with E-state index in [9.17, 15) is 33.0 Å². The number of benzene rings is 2. The number of aromatic nitrogens is 3. The minimum absolute atomic E-state index is 0.0913. The predicted molar refractivity (Wildman–Crippen MR) is 115 cm³/mol. The van der Waals surface area contributed by atoms with Gasteiger partial charge in [0.2, 0.25) is 5.44 Å². The van der Waals surface area contributed by atoms with E-state index in [0.717, 1.165) is 10.9 Å². The number of halogens is 5. The summed E-state index contributed by atoms with van der Waals surface area (Å²) in [6.45, 7) is -0.685. The smallest absolute Gasteiger partial charge is 0.250 e. The van der Waals surface area contributed by atoms with Crippen LogP contribution >= 0.6 is 23.2 Å². The summed E-state index contributed by atoms with van der Waals surface area (Å²) in [6.07, 6.45) is -3.27. The van der Waals surface area contributed by atoms with Gasteiger partial charge in [0.05, 0.1) is 22.8 Å². The number of aliphatic hydroxyl groups excluding tert-OH is 3. The molecule has 3 aromatic rings. The summed E-state index contributed by atoms with van der Waals surface area (Å²) in [5.41, 5.74) is -1.67. The fourth-order valence-electron chi connectivity index (χ4n) is 3.55. The molecule has 182 valence electrons. The van der Waals surface area contributed by atoms with E-state index in [2.05, 4.69) is 10.3 Å². The number of rotatable bonds is 5. The van der Waals surface area contributed by atoms with Crippen LogP contribution in [0.2, 0.25) is 10.0 Å². The van der Waals surface area contributed by atoms with Gasteiger partial charge in [-0.05, 0) is 24.3 Å². The van der Waals surface area contributed by atoms with Gasteiger partial charge in [-0.3, -0.25) is 0 Å². The van der Waals surface area contributed by atoms with E-state index in [0.29, 0.717) is 12.1 Å². The van der Waals surface area contributed by atoms with Crippen LogP contribution in [0.3, 0.4) is 0 Å². The summed E-state index contributed by atoms with van der Waals surface area (Å²) >= 11 is 9.84. The maximum atomic E-state index is 13.6. The van der Waals surface area contributed by atoms with E-state index < -0.39 is 65.0 Å². The van der Waals surface area contributed by atoms with E-state index >= 15 is 0 Å². The lowest BCUT2D eigenvalue weighted by molar-refractivity contribution is -0.180. The molecule has 1 aromatic heterocycles. The molecular weight excluding hydrogens is 522 g/mol. The first-order valence-corrected chi connectivity index (χ1v) is 11.6. The molecule has 1 aliphatic heterocycles. The first-order chi connectivity index (χ1) is 16.1. The van der Waals surface area contributed by atoms with Gasteiger partial charge < -0.3 is 24.6 Å². The summed E-state index contributed by atoms with van der Waals surface area (Å²) < 4.78 is 60.2. The van der Waals surface area contributed by atoms with Crippen molar-refractivity contribution in [1.29, 1.82) is 0 Å². The van der Waals surface area contributed by atoms with Crippen LogP contribution in [0.25, 0.3) is 11.3 Å². The summed E-state index contributed by atoms with van der Waals surface area (Å²) in [7, 11) is 0. The molecule has 0 radical (unpaired) electrons. The van der Waals surface area contributed by atoms with Crippen LogP contribution in [-0.4, -0.2) is 65.2 Å². The van der Waals surface area contributed by atoms with E-state index in [1.54, 1.807) is 0 Å². The monoisotopic (exact) mass is 537 g/mol. The second kappa shape index (κ2) is 9.99. The molecule has 6 atom stereocenters. The van der Waals surface area contributed by atoms with Crippen molar-refractivity contribution in [3.63, 3.8) is 0 Å². The zero-order chi connectivity index (χ0) is 24.7. The second-order valence-electron chi connectivity index (χ2n) is 7.41. The van der Waals surface area contributed by atoms with E-state index in [1.807, 2.05) is 0 Å². The van der Waals surface area contributed by atoms with Crippen LogP contribution in [-0.2, 0) is 15.9 Å². The molecule has 14 heteroatoms. The fourth-order valence-corrected chi connectivity index (χ4v) is 5.28. The molecule has 1 saturated heterocycles. The van der Waals surface area contributed by atoms with E-state index in [-0.39, 0.29) is 26.2 Å². The van der Waals surface area contributed by atoms with Gasteiger partial charge >= 0.3 is 0 Å². The van der Waals surface area contributed by atoms with Crippen molar-refractivity contribution in [3.8, 4) is 11.3 Å². The van der Waals surface area contributed by atoms with Gasteiger partial charge in [0.25, 0.3) is 0 Å². The molecule has 34 heavy (non-hydrogen) atoms. The Morgan fingerprint density at radius 3 is 2.35 bits per heavy atom. The normalized spacial score (nSPS) is 26.0. The van der Waals surface area contributed by atoms with Crippen molar-refractivity contribution >= 4 is 34.4 Å². The Morgan fingerprint density at radius 2 is 1.74 bits per heavy atom. The van der Waals surface area contributed by atoms with Crippen LogP contribution < -0.4 is 0 Å². The summed E-state index contributed by atoms with van der Waals surface area (Å²) in [5, 5.41) is 39.2. The Labute approximate surface area is 203 Å². The minimum Gasteiger partial charge on any atom is -0.609 e. The molecule has 0 aliphatic carbocycles. The topological polar surface area (TPSA) is 124 Å². The number of nitrogens with zero attached hydrogens (tertiary/aromatic N) is 3. The van der Waals surface area contributed by atoms with Crippen molar-refractivity contribution in [2.24, 2.45) is 0 Å². The highest BCUT2D eigenvalue weighted by atomic mass is 35.5. The molecule has 8 nitrogen and oxygen atoms in total. The number of hydrogen-bond acceptors (Lipinski definition) is 7. The zero-order valence-corrected chi connectivity index (χ0v) is 19.2. The molecule has 2 unspecified atom stereocenters. The van der Waals surface area contributed by atoms with Crippen molar-refractivity contribution in [1.82, 2.24) is 15.0 Å². The summed E-state index contributed by atoms with van der Waals surface area (Å²) in [5.74, 6) is -4.52. The van der Waals surface area contributed by atoms with Gasteiger partial charge in [0.15, 0.2) is 28.5 Å². The average molecular weight is 538 g/mol. The standard InChI is InChI=1S/C20H16Cl2F3N3O5S/c21-10-2-1-9(5-11(10)22)34(32)20-19(31)17(18(30)15(7-29)33-20)28-6-14(26-27-28)8-3-12(23)16(25)13(24)4-8/h1-6,15,17-20,29-31H,7H2/t15-,17+,18+,19-,20?,34?/m1/s1. The van der Waals surface area contributed by atoms with Gasteiger partial charge in [-0.2, -0.15) is 0 Å². The van der Waals surface area contributed by atoms with Crippen molar-refractivity contribution in [3.05, 3.63) is 64.0 Å². The molecule has 0 bridgehead atoms. The van der Waals surface area contributed by atoms with Gasteiger partial charge in [0.1, 0.15) is 23.9 Å². The van der Waals surface area contributed by atoms with Gasteiger partial charge in [0, 0.05) is 22.8 Å². The van der Waals surface area contributed by atoms with Crippen molar-refractivity contribution in [2.75, 3.05) is 6.61 Å². The Balaban J connectivity index is 1.67. The Bertz CT molecular complexity index is 1180. The van der Waals surface area contributed by atoms with Crippen LogP contribution in [0.15, 0.2) is 41.4 Å². The molecular formula is C20H16Cl2F3N3O5S. The highest BCUT2D eigenvalue weighted by Crippen LogP contribution is 2.36. The summed E-state index contributed by atoms with van der Waals surface area (Å²) in [4.78, 5) is 0.168. The zero-order valence-electron chi connectivity index (χ0n) is 16.9. The van der Waals surface area contributed by atoms with E-state index in [4.69, 9.17) is 27.9 Å². The van der Waals surface area contributed by atoms with Crippen LogP contribution in [0.1, 0.15) is 6.04 Å². The molecule has 4 rings (SSSR count). The molecule has 1 aliphatic rings. The molecule has 0 spiro atoms. The van der Waals surface area contributed by atoms with Gasteiger partial charge in [-0.15, -0.1) is 5.10 Å². The summed E-state index contributed by atoms with van der Waals surface area (Å²) in [6, 6.07) is 4.26. The molecule has 0 amide bonds. The lowest BCUT2D eigenvalue weighted by Gasteiger charge is -2.41. The van der Waals surface area contributed by atoms with Crippen molar-refractivity contribution < 1.29 is 37.8 Å². The average Bonchev–Trinajstić information content (AvgIpc) is 3.28. The quantitative estimate of drug-likeness (QED) is 0.337. The Kier molecular flexibility index (Phi) is 7.41. The highest BCUT2D eigenvalue weighted by molar-refractivity contribution is 7.92. The van der Waals surface area contributed by atoms with Crippen LogP contribution in [0.5, 0.6) is 0 Å². The Hall–Kier alpha value is -1.90. The van der Waals surface area contributed by atoms with E-state index in [1.165, 1.54) is 18.2 Å². The number of hydrogen-bond donors (Lipinski definition) is 3. The minimum atomic E-state index is -2.03. The molecule has 1 fully saturated rings. The maximum absolute atomic E-state index is 13.6. The third-order valence-corrected chi connectivity index (χ3v) is 7.55. The molecule has 0 saturated carbocycles. The maximum Gasteiger partial charge on any atom is 0.250 e.